The molecule has 0 fully saturated rings. The second kappa shape index (κ2) is 5.56. The third kappa shape index (κ3) is 3.09. The first-order chi connectivity index (χ1) is 7.21. The average Bonchev–Trinajstić information content (AvgIpc) is 2.29. The van der Waals surface area contributed by atoms with Crippen LogP contribution in [0, 0.1) is 0 Å². The van der Waals surface area contributed by atoms with E-state index in [1.807, 2.05) is 12.1 Å². The van der Waals surface area contributed by atoms with Gasteiger partial charge in [0.05, 0.1) is 14.2 Å². The van der Waals surface area contributed by atoms with Gasteiger partial charge in [-0.1, -0.05) is 6.92 Å². The first-order valence-electron chi connectivity index (χ1n) is 5.04. The zero-order valence-electron chi connectivity index (χ0n) is 9.49. The van der Waals surface area contributed by atoms with E-state index in [4.69, 9.17) is 15.2 Å². The Morgan fingerprint density at radius 2 is 2.07 bits per heavy atom. The lowest BCUT2D eigenvalue weighted by Crippen LogP contribution is -2.21. The van der Waals surface area contributed by atoms with E-state index in [-0.39, 0.29) is 6.04 Å². The van der Waals surface area contributed by atoms with E-state index in [9.17, 15) is 0 Å². The van der Waals surface area contributed by atoms with Gasteiger partial charge in [0.2, 0.25) is 11.8 Å². The predicted molar refractivity (Wildman–Crippen MR) is 59.3 cm³/mol. The van der Waals surface area contributed by atoms with Crippen LogP contribution in [0.15, 0.2) is 12.1 Å². The second-order valence-corrected chi connectivity index (χ2v) is 3.39. The Labute approximate surface area is 90.4 Å². The van der Waals surface area contributed by atoms with Gasteiger partial charge in [-0.15, -0.1) is 0 Å². The van der Waals surface area contributed by atoms with Crippen molar-refractivity contribution in [3.63, 3.8) is 0 Å². The highest BCUT2D eigenvalue weighted by Gasteiger charge is 2.09. The maximum Gasteiger partial charge on any atom is 0.219 e. The number of hydrogen-bond acceptors (Lipinski definition) is 4. The second-order valence-electron chi connectivity index (χ2n) is 3.39. The van der Waals surface area contributed by atoms with Crippen molar-refractivity contribution in [2.24, 2.45) is 5.73 Å². The number of pyridine rings is 1. The Balaban J connectivity index is 2.87. The lowest BCUT2D eigenvalue weighted by molar-refractivity contribution is 0.360. The summed E-state index contributed by atoms with van der Waals surface area (Å²) >= 11 is 0. The molecule has 0 aliphatic carbocycles. The normalized spacial score (nSPS) is 12.3. The molecule has 84 valence electrons. The molecule has 1 unspecified atom stereocenters. The van der Waals surface area contributed by atoms with Gasteiger partial charge in [-0.25, -0.2) is 0 Å². The van der Waals surface area contributed by atoms with E-state index in [0.29, 0.717) is 11.8 Å². The molecule has 15 heavy (non-hydrogen) atoms. The van der Waals surface area contributed by atoms with E-state index >= 15 is 0 Å². The first kappa shape index (κ1) is 11.8. The van der Waals surface area contributed by atoms with Gasteiger partial charge in [0.25, 0.3) is 0 Å². The largest absolute Gasteiger partial charge is 0.481 e. The van der Waals surface area contributed by atoms with E-state index in [1.165, 1.54) is 0 Å². The number of aromatic nitrogens is 1. The molecule has 0 saturated heterocycles. The number of methoxy groups -OCH3 is 2. The van der Waals surface area contributed by atoms with Crippen molar-refractivity contribution in [3.8, 4) is 11.8 Å². The Kier molecular flexibility index (Phi) is 4.37. The van der Waals surface area contributed by atoms with Crippen molar-refractivity contribution in [1.29, 1.82) is 0 Å². The summed E-state index contributed by atoms with van der Waals surface area (Å²) in [5, 5.41) is 0. The topological polar surface area (TPSA) is 57.4 Å². The summed E-state index contributed by atoms with van der Waals surface area (Å²) in [5.41, 5.74) is 6.91. The fourth-order valence-electron chi connectivity index (χ4n) is 1.32. The molecule has 0 aliphatic heterocycles. The summed E-state index contributed by atoms with van der Waals surface area (Å²) in [7, 11) is 3.18. The number of ether oxygens (including phenoxy) is 2. The molecule has 1 aromatic heterocycles. The van der Waals surface area contributed by atoms with Crippen LogP contribution >= 0.6 is 0 Å². The molecule has 1 heterocycles. The Morgan fingerprint density at radius 3 is 2.60 bits per heavy atom. The number of hydrogen-bond donors (Lipinski definition) is 1. The molecular formula is C11H18N2O2. The maximum absolute atomic E-state index is 5.88. The standard InChI is InChI=1S/C11H18N2O2/c1-4-9(12)7-8-5-6-10(14-2)13-11(8)15-3/h5-6,9H,4,7,12H2,1-3H3. The SMILES string of the molecule is CCC(N)Cc1ccc(OC)nc1OC. The van der Waals surface area contributed by atoms with Crippen LogP contribution in [-0.2, 0) is 6.42 Å². The van der Waals surface area contributed by atoms with Gasteiger partial charge in [0, 0.05) is 17.7 Å². The molecule has 2 N–H and O–H groups in total. The molecule has 0 bridgehead atoms. The summed E-state index contributed by atoms with van der Waals surface area (Å²) in [6.07, 6.45) is 1.71. The highest BCUT2D eigenvalue weighted by Crippen LogP contribution is 2.21. The summed E-state index contributed by atoms with van der Waals surface area (Å²) in [6, 6.07) is 3.91. The molecule has 1 rings (SSSR count). The average molecular weight is 210 g/mol. The minimum atomic E-state index is 0.147. The monoisotopic (exact) mass is 210 g/mol. The lowest BCUT2D eigenvalue weighted by atomic mass is 10.1. The van der Waals surface area contributed by atoms with Gasteiger partial charge < -0.3 is 15.2 Å². The van der Waals surface area contributed by atoms with Crippen molar-refractivity contribution < 1.29 is 9.47 Å². The third-order valence-corrected chi connectivity index (χ3v) is 2.32. The Hall–Kier alpha value is -1.29. The zero-order valence-corrected chi connectivity index (χ0v) is 9.49. The van der Waals surface area contributed by atoms with Gasteiger partial charge in [-0.2, -0.15) is 4.98 Å². The van der Waals surface area contributed by atoms with Crippen molar-refractivity contribution in [2.75, 3.05) is 14.2 Å². The smallest absolute Gasteiger partial charge is 0.219 e. The third-order valence-electron chi connectivity index (χ3n) is 2.32. The lowest BCUT2D eigenvalue weighted by Gasteiger charge is -2.12. The van der Waals surface area contributed by atoms with Crippen LogP contribution < -0.4 is 15.2 Å². The van der Waals surface area contributed by atoms with Crippen LogP contribution in [0.2, 0.25) is 0 Å². The van der Waals surface area contributed by atoms with Crippen LogP contribution in [0.4, 0.5) is 0 Å². The Bertz CT molecular complexity index is 315. The van der Waals surface area contributed by atoms with Gasteiger partial charge in [-0.05, 0) is 18.9 Å². The minimum Gasteiger partial charge on any atom is -0.481 e. The summed E-state index contributed by atoms with van der Waals surface area (Å²) in [5.74, 6) is 1.15. The number of nitrogens with zero attached hydrogens (tertiary/aromatic N) is 1. The molecule has 4 nitrogen and oxygen atoms in total. The van der Waals surface area contributed by atoms with Crippen molar-refractivity contribution >= 4 is 0 Å². The minimum absolute atomic E-state index is 0.147. The molecule has 0 radical (unpaired) electrons. The Morgan fingerprint density at radius 1 is 1.33 bits per heavy atom. The van der Waals surface area contributed by atoms with E-state index in [1.54, 1.807) is 14.2 Å². The number of rotatable bonds is 5. The molecule has 0 aromatic carbocycles. The van der Waals surface area contributed by atoms with Crippen molar-refractivity contribution in [2.45, 2.75) is 25.8 Å². The maximum atomic E-state index is 5.88. The van der Waals surface area contributed by atoms with E-state index in [2.05, 4.69) is 11.9 Å². The molecule has 1 atom stereocenters. The van der Waals surface area contributed by atoms with E-state index < -0.39 is 0 Å². The molecule has 4 heteroatoms. The molecule has 1 aromatic rings. The summed E-state index contributed by atoms with van der Waals surface area (Å²) in [6.45, 7) is 2.06. The summed E-state index contributed by atoms with van der Waals surface area (Å²) < 4.78 is 10.2. The van der Waals surface area contributed by atoms with Crippen LogP contribution in [0.3, 0.4) is 0 Å². The quantitative estimate of drug-likeness (QED) is 0.797. The summed E-state index contributed by atoms with van der Waals surface area (Å²) in [4.78, 5) is 4.20. The fourth-order valence-corrected chi connectivity index (χ4v) is 1.32. The highest BCUT2D eigenvalue weighted by atomic mass is 16.5. The van der Waals surface area contributed by atoms with Crippen LogP contribution in [0.5, 0.6) is 11.8 Å². The van der Waals surface area contributed by atoms with Crippen molar-refractivity contribution in [1.82, 2.24) is 4.98 Å². The number of nitrogens with two attached hydrogens (primary N) is 1. The molecule has 0 saturated carbocycles. The molecule has 0 amide bonds. The van der Waals surface area contributed by atoms with Gasteiger partial charge >= 0.3 is 0 Å². The highest BCUT2D eigenvalue weighted by molar-refractivity contribution is 5.31. The van der Waals surface area contributed by atoms with Gasteiger partial charge in [0.15, 0.2) is 0 Å². The first-order valence-corrected chi connectivity index (χ1v) is 5.04. The molecule has 0 aliphatic rings. The molecule has 0 spiro atoms. The van der Waals surface area contributed by atoms with Gasteiger partial charge in [0.1, 0.15) is 0 Å². The van der Waals surface area contributed by atoms with E-state index in [0.717, 1.165) is 18.4 Å². The zero-order chi connectivity index (χ0) is 11.3. The van der Waals surface area contributed by atoms with Crippen LogP contribution in [0.25, 0.3) is 0 Å². The molecular weight excluding hydrogens is 192 g/mol. The van der Waals surface area contributed by atoms with Crippen molar-refractivity contribution in [3.05, 3.63) is 17.7 Å². The van der Waals surface area contributed by atoms with Crippen LogP contribution in [-0.4, -0.2) is 25.2 Å². The fraction of sp³-hybridized carbons (Fsp3) is 0.545. The predicted octanol–water partition coefficient (Wildman–Crippen LogP) is 1.38. The van der Waals surface area contributed by atoms with Gasteiger partial charge in [-0.3, -0.25) is 0 Å². The van der Waals surface area contributed by atoms with Crippen LogP contribution in [0.1, 0.15) is 18.9 Å².